The second-order valence-electron chi connectivity index (χ2n) is 7.20. The van der Waals surface area contributed by atoms with Crippen LogP contribution in [0.4, 0.5) is 10.8 Å². The topological polar surface area (TPSA) is 108 Å². The van der Waals surface area contributed by atoms with E-state index in [1.54, 1.807) is 18.2 Å². The molecule has 0 bridgehead atoms. The highest BCUT2D eigenvalue weighted by atomic mass is 32.1. The second kappa shape index (κ2) is 7.29. The fourth-order valence-electron chi connectivity index (χ4n) is 3.27. The molecule has 8 heteroatoms. The fourth-order valence-corrected chi connectivity index (χ4v) is 4.18. The number of carboxylic acids is 1. The van der Waals surface area contributed by atoms with Gasteiger partial charge in [-0.15, -0.1) is 0 Å². The summed E-state index contributed by atoms with van der Waals surface area (Å²) in [6.07, 6.45) is 0.356. The number of carbonyl (C=O) groups is 3. The lowest BCUT2D eigenvalue weighted by atomic mass is 10.1. The Balaban J connectivity index is 1.50. The van der Waals surface area contributed by atoms with E-state index in [4.69, 9.17) is 5.11 Å². The lowest BCUT2D eigenvalue weighted by Crippen LogP contribution is -2.16. The lowest BCUT2D eigenvalue weighted by molar-refractivity contribution is -0.139. The summed E-state index contributed by atoms with van der Waals surface area (Å²) in [5, 5.41) is 15.0. The largest absolute Gasteiger partial charge is 0.481 e. The van der Waals surface area contributed by atoms with Crippen LogP contribution in [0.1, 0.15) is 27.9 Å². The van der Waals surface area contributed by atoms with Crippen LogP contribution < -0.4 is 10.6 Å². The summed E-state index contributed by atoms with van der Waals surface area (Å²) < 4.78 is 0.764. The Morgan fingerprint density at radius 1 is 1.07 bits per heavy atom. The van der Waals surface area contributed by atoms with E-state index in [1.165, 1.54) is 11.3 Å². The summed E-state index contributed by atoms with van der Waals surface area (Å²) in [6, 6.07) is 11.0. The molecule has 4 rings (SSSR count). The molecule has 1 aliphatic carbocycles. The predicted octanol–water partition coefficient (Wildman–Crippen LogP) is 3.82. The van der Waals surface area contributed by atoms with Gasteiger partial charge >= 0.3 is 5.97 Å². The molecule has 2 amide bonds. The van der Waals surface area contributed by atoms with Gasteiger partial charge in [-0.3, -0.25) is 14.4 Å². The summed E-state index contributed by atoms with van der Waals surface area (Å²) in [7, 11) is 0. The lowest BCUT2D eigenvalue weighted by Gasteiger charge is -2.11. The van der Waals surface area contributed by atoms with Gasteiger partial charge in [-0.2, -0.15) is 0 Å². The summed E-state index contributed by atoms with van der Waals surface area (Å²) >= 11 is 1.25. The third-order valence-electron chi connectivity index (χ3n) is 5.04. The van der Waals surface area contributed by atoms with E-state index in [2.05, 4.69) is 15.6 Å². The molecule has 1 heterocycles. The molecule has 148 valence electrons. The van der Waals surface area contributed by atoms with Crippen molar-refractivity contribution in [3.8, 4) is 0 Å². The highest BCUT2D eigenvalue weighted by Gasteiger charge is 2.48. The van der Waals surface area contributed by atoms with Crippen LogP contribution in [0.25, 0.3) is 10.2 Å². The third-order valence-corrected chi connectivity index (χ3v) is 5.98. The number of nitrogens with zero attached hydrogens (tertiary/aromatic N) is 1. The van der Waals surface area contributed by atoms with Gasteiger partial charge in [0, 0.05) is 11.3 Å². The van der Waals surface area contributed by atoms with Gasteiger partial charge < -0.3 is 15.7 Å². The highest BCUT2D eigenvalue weighted by Crippen LogP contribution is 2.40. The number of anilines is 2. The van der Waals surface area contributed by atoms with E-state index in [-0.39, 0.29) is 11.8 Å². The highest BCUT2D eigenvalue weighted by molar-refractivity contribution is 7.22. The van der Waals surface area contributed by atoms with E-state index < -0.39 is 17.8 Å². The molecule has 3 N–H and O–H groups in total. The molecule has 7 nitrogen and oxygen atoms in total. The van der Waals surface area contributed by atoms with Crippen LogP contribution in [0.2, 0.25) is 0 Å². The Morgan fingerprint density at radius 2 is 1.79 bits per heavy atom. The van der Waals surface area contributed by atoms with Crippen molar-refractivity contribution in [2.24, 2.45) is 11.8 Å². The molecule has 2 atom stereocenters. The number of carboxylic acid groups (broad SMARTS) is 1. The molecule has 0 spiro atoms. The van der Waals surface area contributed by atoms with Crippen molar-refractivity contribution in [2.45, 2.75) is 20.3 Å². The van der Waals surface area contributed by atoms with Gasteiger partial charge in [0.1, 0.15) is 0 Å². The van der Waals surface area contributed by atoms with E-state index in [9.17, 15) is 14.4 Å². The average molecular weight is 409 g/mol. The van der Waals surface area contributed by atoms with Crippen LogP contribution in [0, 0.1) is 25.7 Å². The van der Waals surface area contributed by atoms with Crippen molar-refractivity contribution in [1.82, 2.24) is 4.98 Å². The Labute approximate surface area is 170 Å². The van der Waals surface area contributed by atoms with Crippen molar-refractivity contribution >= 4 is 50.2 Å². The van der Waals surface area contributed by atoms with Gasteiger partial charge in [0.25, 0.3) is 5.91 Å². The number of carbonyl (C=O) groups excluding carboxylic acids is 2. The molecule has 1 saturated carbocycles. The van der Waals surface area contributed by atoms with Crippen molar-refractivity contribution < 1.29 is 19.5 Å². The van der Waals surface area contributed by atoms with Gasteiger partial charge in [-0.05, 0) is 49.6 Å². The molecular weight excluding hydrogens is 390 g/mol. The van der Waals surface area contributed by atoms with Crippen molar-refractivity contribution in [2.75, 3.05) is 10.6 Å². The minimum absolute atomic E-state index is 0.217. The summed E-state index contributed by atoms with van der Waals surface area (Å²) in [4.78, 5) is 40.1. The quantitative estimate of drug-likeness (QED) is 0.594. The van der Waals surface area contributed by atoms with Crippen molar-refractivity contribution in [1.29, 1.82) is 0 Å². The Kier molecular flexibility index (Phi) is 4.79. The molecule has 2 aromatic carbocycles. The van der Waals surface area contributed by atoms with Gasteiger partial charge in [0.15, 0.2) is 5.13 Å². The first kappa shape index (κ1) is 19.1. The van der Waals surface area contributed by atoms with Crippen molar-refractivity contribution in [3.05, 3.63) is 53.1 Å². The maximum atomic E-state index is 12.7. The number of fused-ring (bicyclic) bond motifs is 1. The zero-order valence-corrected chi connectivity index (χ0v) is 16.7. The van der Waals surface area contributed by atoms with Gasteiger partial charge in [-0.25, -0.2) is 4.98 Å². The number of aliphatic carboxylic acids is 1. The average Bonchev–Trinajstić information content (AvgIpc) is 3.39. The number of hydrogen-bond donors (Lipinski definition) is 3. The van der Waals surface area contributed by atoms with E-state index in [1.807, 2.05) is 32.0 Å². The Hall–Kier alpha value is -3.26. The van der Waals surface area contributed by atoms with Crippen LogP contribution in [-0.2, 0) is 9.59 Å². The van der Waals surface area contributed by atoms with E-state index >= 15 is 0 Å². The molecule has 29 heavy (non-hydrogen) atoms. The maximum Gasteiger partial charge on any atom is 0.307 e. The maximum absolute atomic E-state index is 12.7. The molecule has 0 aliphatic heterocycles. The van der Waals surface area contributed by atoms with Crippen LogP contribution >= 0.6 is 11.3 Å². The Morgan fingerprint density at radius 3 is 2.45 bits per heavy atom. The number of thiazole rings is 1. The van der Waals surface area contributed by atoms with Gasteiger partial charge in [0.2, 0.25) is 5.91 Å². The first-order valence-electron chi connectivity index (χ1n) is 9.15. The number of aromatic nitrogens is 1. The summed E-state index contributed by atoms with van der Waals surface area (Å²) in [5.74, 6) is -2.60. The number of benzene rings is 2. The molecule has 1 fully saturated rings. The van der Waals surface area contributed by atoms with Crippen LogP contribution in [-0.4, -0.2) is 27.9 Å². The number of para-hydroxylation sites is 1. The minimum Gasteiger partial charge on any atom is -0.481 e. The number of rotatable bonds is 5. The van der Waals surface area contributed by atoms with E-state index in [0.29, 0.717) is 22.6 Å². The van der Waals surface area contributed by atoms with Gasteiger partial charge in [0.05, 0.1) is 22.1 Å². The smallest absolute Gasteiger partial charge is 0.307 e. The normalized spacial score (nSPS) is 17.7. The molecule has 0 radical (unpaired) electrons. The SMILES string of the molecule is Cc1cccc(C)c1NC(=O)c1ccc2nc(NC(=O)C3CC3C(=O)O)sc2c1. The number of hydrogen-bond acceptors (Lipinski definition) is 5. The Bertz CT molecular complexity index is 1130. The predicted molar refractivity (Wildman–Crippen MR) is 111 cm³/mol. The van der Waals surface area contributed by atoms with Crippen LogP contribution in [0.5, 0.6) is 0 Å². The number of nitrogens with one attached hydrogen (secondary N) is 2. The zero-order chi connectivity index (χ0) is 20.7. The minimum atomic E-state index is -0.950. The molecule has 1 aliphatic rings. The summed E-state index contributed by atoms with van der Waals surface area (Å²) in [5.41, 5.74) is 3.94. The summed E-state index contributed by atoms with van der Waals surface area (Å²) in [6.45, 7) is 3.89. The van der Waals surface area contributed by atoms with Crippen molar-refractivity contribution in [3.63, 3.8) is 0 Å². The molecule has 1 aromatic heterocycles. The molecular formula is C21H19N3O4S. The zero-order valence-electron chi connectivity index (χ0n) is 15.9. The van der Waals surface area contributed by atoms with Crippen LogP contribution in [0.15, 0.2) is 36.4 Å². The first-order chi connectivity index (χ1) is 13.8. The number of amides is 2. The number of aryl methyl sites for hydroxylation is 2. The van der Waals surface area contributed by atoms with E-state index in [0.717, 1.165) is 21.5 Å². The third kappa shape index (κ3) is 3.84. The standard InChI is InChI=1S/C21H19N3O4S/c1-10-4-3-5-11(2)17(10)23-18(25)12-6-7-15-16(8-12)29-21(22-15)24-19(26)13-9-14(13)20(27)28/h3-8,13-14H,9H2,1-2H3,(H,23,25)(H,27,28)(H,22,24,26). The molecule has 2 unspecified atom stereocenters. The second-order valence-corrected chi connectivity index (χ2v) is 8.23. The molecule has 0 saturated heterocycles. The molecule has 3 aromatic rings. The monoisotopic (exact) mass is 409 g/mol. The fraction of sp³-hybridized carbons (Fsp3) is 0.238. The van der Waals surface area contributed by atoms with Crippen LogP contribution in [0.3, 0.4) is 0 Å². The van der Waals surface area contributed by atoms with Gasteiger partial charge in [-0.1, -0.05) is 29.5 Å². The first-order valence-corrected chi connectivity index (χ1v) is 9.97.